The van der Waals surface area contributed by atoms with Gasteiger partial charge in [0.1, 0.15) is 0 Å². The van der Waals surface area contributed by atoms with Crippen molar-refractivity contribution >= 4 is 38.8 Å². The van der Waals surface area contributed by atoms with Crippen molar-refractivity contribution in [3.63, 3.8) is 0 Å². The van der Waals surface area contributed by atoms with Crippen LogP contribution in [0, 0.1) is 13.8 Å². The quantitative estimate of drug-likeness (QED) is 0.294. The highest BCUT2D eigenvalue weighted by atomic mass is 15.2. The number of allylic oxidation sites excluding steroid dienone is 2. The van der Waals surface area contributed by atoms with E-state index >= 15 is 0 Å². The van der Waals surface area contributed by atoms with Crippen molar-refractivity contribution in [3.05, 3.63) is 125 Å². The monoisotopic (exact) mass is 438 g/mol. The number of rotatable bonds is 2. The summed E-state index contributed by atoms with van der Waals surface area (Å²) in [7, 11) is 0. The summed E-state index contributed by atoms with van der Waals surface area (Å²) >= 11 is 0. The fraction of sp³-hybridized carbons (Fsp3) is 0.125. The van der Waals surface area contributed by atoms with Gasteiger partial charge >= 0.3 is 0 Å². The maximum atomic E-state index is 3.55. The van der Waals surface area contributed by atoms with Crippen LogP contribution in [-0.2, 0) is 0 Å². The van der Waals surface area contributed by atoms with Crippen molar-refractivity contribution in [1.29, 1.82) is 0 Å². The summed E-state index contributed by atoms with van der Waals surface area (Å²) in [4.78, 5) is 6.06. The molecule has 4 aromatic carbocycles. The molecule has 7 rings (SSSR count). The van der Waals surface area contributed by atoms with E-state index in [9.17, 15) is 0 Å². The van der Waals surface area contributed by atoms with E-state index in [0.29, 0.717) is 12.0 Å². The number of nitrogens with zero attached hydrogens (tertiary/aromatic N) is 1. The third kappa shape index (κ3) is 2.88. The second kappa shape index (κ2) is 7.23. The third-order valence-corrected chi connectivity index (χ3v) is 7.42. The zero-order valence-corrected chi connectivity index (χ0v) is 19.4. The molecule has 0 saturated carbocycles. The molecule has 2 atom stereocenters. The highest BCUT2D eigenvalue weighted by Crippen LogP contribution is 2.49. The van der Waals surface area contributed by atoms with Crippen LogP contribution in [0.4, 0.5) is 11.4 Å². The number of hydrogen-bond donors (Lipinski definition) is 1. The number of para-hydroxylation sites is 1. The summed E-state index contributed by atoms with van der Waals surface area (Å²) in [6.45, 7) is 4.36. The lowest BCUT2D eigenvalue weighted by Gasteiger charge is -2.30. The number of H-pyrrole nitrogens is 1. The topological polar surface area (TPSA) is 19.0 Å². The van der Waals surface area contributed by atoms with Crippen LogP contribution in [-0.4, -0.2) is 11.0 Å². The number of fused-ring (bicyclic) bond motifs is 6. The zero-order chi connectivity index (χ0) is 22.8. The molecule has 0 spiro atoms. The van der Waals surface area contributed by atoms with Gasteiger partial charge in [0.05, 0.1) is 6.04 Å². The zero-order valence-electron chi connectivity index (χ0n) is 19.4. The number of aromatic nitrogens is 1. The lowest BCUT2D eigenvalue weighted by Crippen LogP contribution is -2.29. The first kappa shape index (κ1) is 19.4. The molecule has 0 bridgehead atoms. The molecule has 0 radical (unpaired) electrons. The van der Waals surface area contributed by atoms with Gasteiger partial charge < -0.3 is 9.88 Å². The number of hydrogen-bond acceptors (Lipinski definition) is 1. The van der Waals surface area contributed by atoms with E-state index in [4.69, 9.17) is 0 Å². The molecule has 2 heterocycles. The number of aromatic amines is 1. The van der Waals surface area contributed by atoms with Crippen LogP contribution in [0.15, 0.2) is 103 Å². The number of anilines is 2. The normalized spacial score (nSPS) is 18.9. The summed E-state index contributed by atoms with van der Waals surface area (Å²) in [6.07, 6.45) is 7.20. The molecule has 2 aliphatic rings. The van der Waals surface area contributed by atoms with Crippen LogP contribution < -0.4 is 4.90 Å². The average Bonchev–Trinajstić information content (AvgIpc) is 3.38. The molecule has 1 N–H and O–H groups in total. The molecule has 2 heteroatoms. The Bertz CT molecular complexity index is 1650. The summed E-state index contributed by atoms with van der Waals surface area (Å²) in [6, 6.07) is 31.4. The summed E-state index contributed by atoms with van der Waals surface area (Å²) in [5, 5.41) is 2.57. The first-order valence-electron chi connectivity index (χ1n) is 12.0. The van der Waals surface area contributed by atoms with Gasteiger partial charge in [-0.25, -0.2) is 0 Å². The Labute approximate surface area is 199 Å². The first-order valence-corrected chi connectivity index (χ1v) is 12.0. The van der Waals surface area contributed by atoms with Crippen molar-refractivity contribution in [2.45, 2.75) is 25.8 Å². The molecule has 1 aliphatic carbocycles. The Morgan fingerprint density at radius 3 is 2.50 bits per heavy atom. The van der Waals surface area contributed by atoms with Crippen LogP contribution >= 0.6 is 0 Å². The molecular formula is C32H26N2. The summed E-state index contributed by atoms with van der Waals surface area (Å²) in [5.74, 6) is 0.328. The third-order valence-electron chi connectivity index (χ3n) is 7.42. The van der Waals surface area contributed by atoms with Crippen LogP contribution in [0.1, 0.15) is 28.2 Å². The Kier molecular flexibility index (Phi) is 4.13. The molecule has 1 aromatic heterocycles. The predicted molar refractivity (Wildman–Crippen MR) is 144 cm³/mol. The van der Waals surface area contributed by atoms with Crippen LogP contribution in [0.2, 0.25) is 0 Å². The molecule has 0 amide bonds. The molecule has 5 aromatic rings. The maximum absolute atomic E-state index is 3.55. The SMILES string of the molecule is Cc1cccc(N2c3ccc(C)cc3C3C=C(c4ccc5[nH]c6ccccc6c5c4)C=CC32)c1. The second-order valence-corrected chi connectivity index (χ2v) is 9.70. The average molecular weight is 439 g/mol. The molecule has 164 valence electrons. The Morgan fingerprint density at radius 2 is 1.59 bits per heavy atom. The van der Waals surface area contributed by atoms with Crippen molar-refractivity contribution in [2.75, 3.05) is 4.90 Å². The van der Waals surface area contributed by atoms with Crippen LogP contribution in [0.3, 0.4) is 0 Å². The van der Waals surface area contributed by atoms with Crippen LogP contribution in [0.5, 0.6) is 0 Å². The van der Waals surface area contributed by atoms with Gasteiger partial charge in [-0.2, -0.15) is 0 Å². The molecule has 2 nitrogen and oxygen atoms in total. The van der Waals surface area contributed by atoms with E-state index in [1.54, 1.807) is 0 Å². The van der Waals surface area contributed by atoms with E-state index in [-0.39, 0.29) is 0 Å². The van der Waals surface area contributed by atoms with E-state index in [1.165, 1.54) is 61.0 Å². The number of aryl methyl sites for hydroxylation is 2. The molecule has 0 saturated heterocycles. The predicted octanol–water partition coefficient (Wildman–Crippen LogP) is 8.20. The van der Waals surface area contributed by atoms with E-state index in [2.05, 4.69) is 127 Å². The van der Waals surface area contributed by atoms with E-state index in [0.717, 1.165) is 0 Å². The van der Waals surface area contributed by atoms with Gasteiger partial charge in [-0.1, -0.05) is 72.3 Å². The van der Waals surface area contributed by atoms with Gasteiger partial charge in [0.2, 0.25) is 0 Å². The Hall–Kier alpha value is -4.04. The van der Waals surface area contributed by atoms with E-state index < -0.39 is 0 Å². The second-order valence-electron chi connectivity index (χ2n) is 9.70. The molecule has 34 heavy (non-hydrogen) atoms. The van der Waals surface area contributed by atoms with Gasteiger partial charge in [0.25, 0.3) is 0 Å². The van der Waals surface area contributed by atoms with Gasteiger partial charge in [-0.3, -0.25) is 0 Å². The minimum Gasteiger partial charge on any atom is -0.355 e. The number of benzene rings is 4. The van der Waals surface area contributed by atoms with Crippen molar-refractivity contribution in [3.8, 4) is 0 Å². The van der Waals surface area contributed by atoms with E-state index in [1.807, 2.05) is 0 Å². The standard InChI is InChI=1S/C32H26N2/c1-20-6-5-7-24(16-20)34-31-14-10-21(2)17-27(31)28-19-23(12-15-32(28)34)22-11-13-30-26(18-22)25-8-3-4-9-29(25)33-30/h3-19,28,32-33H,1-2H3. The van der Waals surface area contributed by atoms with Gasteiger partial charge in [-0.15, -0.1) is 0 Å². The Morgan fingerprint density at radius 1 is 0.735 bits per heavy atom. The smallest absolute Gasteiger partial charge is 0.0630 e. The highest BCUT2D eigenvalue weighted by Gasteiger charge is 2.38. The lowest BCUT2D eigenvalue weighted by atomic mass is 9.85. The molecular weight excluding hydrogens is 412 g/mol. The fourth-order valence-electron chi connectivity index (χ4n) is 5.82. The highest BCUT2D eigenvalue weighted by molar-refractivity contribution is 6.08. The fourth-order valence-corrected chi connectivity index (χ4v) is 5.82. The molecule has 0 fully saturated rings. The van der Waals surface area contributed by atoms with Gasteiger partial charge in [-0.05, 0) is 72.5 Å². The van der Waals surface area contributed by atoms with Crippen LogP contribution in [0.25, 0.3) is 27.4 Å². The minimum absolute atomic E-state index is 0.291. The van der Waals surface area contributed by atoms with Crippen molar-refractivity contribution in [2.24, 2.45) is 0 Å². The Balaban J connectivity index is 1.36. The largest absolute Gasteiger partial charge is 0.355 e. The molecule has 1 aliphatic heterocycles. The van der Waals surface area contributed by atoms with Crippen molar-refractivity contribution < 1.29 is 0 Å². The first-order chi connectivity index (χ1) is 16.7. The van der Waals surface area contributed by atoms with Gasteiger partial charge in [0.15, 0.2) is 0 Å². The maximum Gasteiger partial charge on any atom is 0.0630 e. The number of nitrogens with one attached hydrogen (secondary N) is 1. The van der Waals surface area contributed by atoms with Crippen molar-refractivity contribution in [1.82, 2.24) is 4.98 Å². The van der Waals surface area contributed by atoms with Gasteiger partial charge in [0, 0.05) is 39.1 Å². The summed E-state index contributed by atoms with van der Waals surface area (Å²) in [5.41, 5.74) is 11.6. The minimum atomic E-state index is 0.291. The lowest BCUT2D eigenvalue weighted by molar-refractivity contribution is 0.746. The molecule has 2 unspecified atom stereocenters. The summed E-state index contributed by atoms with van der Waals surface area (Å²) < 4.78 is 0.